The Kier molecular flexibility index (Phi) is 2.68. The first kappa shape index (κ1) is 10.1. The first-order valence-corrected chi connectivity index (χ1v) is 5.63. The quantitative estimate of drug-likeness (QED) is 0.865. The van der Waals surface area contributed by atoms with Crippen LogP contribution in [0.1, 0.15) is 32.0 Å². The Hall–Kier alpha value is -1.43. The summed E-state index contributed by atoms with van der Waals surface area (Å²) in [7, 11) is 0. The van der Waals surface area contributed by atoms with Crippen molar-refractivity contribution in [3.8, 4) is 11.6 Å². The molecule has 2 rings (SSSR count). The zero-order valence-corrected chi connectivity index (χ0v) is 9.41. The van der Waals surface area contributed by atoms with Crippen LogP contribution in [0.4, 0.5) is 5.13 Å². The first-order valence-electron chi connectivity index (χ1n) is 4.75. The number of hydrogen-bond acceptors (Lipinski definition) is 6. The second-order valence-corrected chi connectivity index (χ2v) is 4.23. The van der Waals surface area contributed by atoms with Gasteiger partial charge in [0.25, 0.3) is 5.89 Å². The highest BCUT2D eigenvalue weighted by Gasteiger charge is 2.14. The van der Waals surface area contributed by atoms with Crippen LogP contribution in [0.2, 0.25) is 0 Å². The van der Waals surface area contributed by atoms with E-state index in [0.717, 1.165) is 12.2 Å². The van der Waals surface area contributed by atoms with Gasteiger partial charge in [-0.3, -0.25) is 0 Å². The minimum Gasteiger partial charge on any atom is -0.375 e. The number of hydrogen-bond donors (Lipinski definition) is 1. The smallest absolute Gasteiger partial charge is 0.277 e. The van der Waals surface area contributed by atoms with Crippen LogP contribution in [-0.2, 0) is 0 Å². The number of thiazole rings is 1. The molecule has 0 aliphatic carbocycles. The molecule has 2 aromatic rings. The molecule has 5 nitrogen and oxygen atoms in total. The Balaban J connectivity index is 2.27. The van der Waals surface area contributed by atoms with Gasteiger partial charge < -0.3 is 10.3 Å². The maximum Gasteiger partial charge on any atom is 0.277 e. The van der Waals surface area contributed by atoms with Gasteiger partial charge in [0.1, 0.15) is 5.69 Å². The van der Waals surface area contributed by atoms with Gasteiger partial charge in [0.05, 0.1) is 0 Å². The van der Waals surface area contributed by atoms with Crippen LogP contribution in [0, 0.1) is 0 Å². The average molecular weight is 224 g/mol. The fourth-order valence-electron chi connectivity index (χ4n) is 1.11. The fraction of sp³-hybridized carbons (Fsp3) is 0.444. The molecule has 1 atom stereocenters. The summed E-state index contributed by atoms with van der Waals surface area (Å²) in [5, 5.41) is 6.23. The van der Waals surface area contributed by atoms with Crippen molar-refractivity contribution in [1.82, 2.24) is 15.1 Å². The molecular formula is C9H12N4OS. The van der Waals surface area contributed by atoms with E-state index in [0.29, 0.717) is 22.6 Å². The van der Waals surface area contributed by atoms with Crippen molar-refractivity contribution in [2.45, 2.75) is 26.2 Å². The molecule has 0 fully saturated rings. The summed E-state index contributed by atoms with van der Waals surface area (Å²) >= 11 is 1.36. The van der Waals surface area contributed by atoms with E-state index in [1.165, 1.54) is 11.3 Å². The second kappa shape index (κ2) is 3.98. The molecule has 15 heavy (non-hydrogen) atoms. The van der Waals surface area contributed by atoms with Crippen LogP contribution in [0.5, 0.6) is 0 Å². The van der Waals surface area contributed by atoms with Gasteiger partial charge in [-0.05, 0) is 6.42 Å². The van der Waals surface area contributed by atoms with E-state index in [9.17, 15) is 0 Å². The Morgan fingerprint density at radius 2 is 2.33 bits per heavy atom. The van der Waals surface area contributed by atoms with E-state index in [-0.39, 0.29) is 0 Å². The van der Waals surface area contributed by atoms with Gasteiger partial charge in [-0.1, -0.05) is 19.0 Å². The van der Waals surface area contributed by atoms with E-state index >= 15 is 0 Å². The van der Waals surface area contributed by atoms with Crippen LogP contribution in [0.15, 0.2) is 9.90 Å². The molecule has 6 heteroatoms. The Bertz CT molecular complexity index is 450. The van der Waals surface area contributed by atoms with Crippen molar-refractivity contribution >= 4 is 16.5 Å². The molecule has 0 saturated carbocycles. The summed E-state index contributed by atoms with van der Waals surface area (Å²) in [6.07, 6.45) is 0.984. The predicted molar refractivity (Wildman–Crippen MR) is 58.5 cm³/mol. The van der Waals surface area contributed by atoms with E-state index in [2.05, 4.69) is 29.0 Å². The summed E-state index contributed by atoms with van der Waals surface area (Å²) in [4.78, 5) is 8.35. The number of anilines is 1. The van der Waals surface area contributed by atoms with Crippen LogP contribution in [-0.4, -0.2) is 15.1 Å². The third kappa shape index (κ3) is 1.99. The van der Waals surface area contributed by atoms with Crippen molar-refractivity contribution in [2.24, 2.45) is 0 Å². The van der Waals surface area contributed by atoms with E-state index in [4.69, 9.17) is 10.3 Å². The number of rotatable bonds is 3. The lowest BCUT2D eigenvalue weighted by Crippen LogP contribution is -1.93. The molecule has 0 saturated heterocycles. The summed E-state index contributed by atoms with van der Waals surface area (Å²) in [6, 6.07) is 0. The molecule has 0 amide bonds. The Labute approximate surface area is 91.3 Å². The molecule has 0 aliphatic heterocycles. The number of nitrogen functional groups attached to an aromatic ring is 1. The molecule has 2 aromatic heterocycles. The van der Waals surface area contributed by atoms with E-state index in [1.54, 1.807) is 0 Å². The molecule has 80 valence electrons. The van der Waals surface area contributed by atoms with Gasteiger partial charge in [0.2, 0.25) is 0 Å². The highest BCUT2D eigenvalue weighted by Crippen LogP contribution is 2.23. The second-order valence-electron chi connectivity index (χ2n) is 3.34. The monoisotopic (exact) mass is 224 g/mol. The Morgan fingerprint density at radius 3 is 2.93 bits per heavy atom. The third-order valence-electron chi connectivity index (χ3n) is 2.24. The number of nitrogens with two attached hydrogens (primary N) is 1. The molecule has 0 aromatic carbocycles. The predicted octanol–water partition coefficient (Wildman–Crippen LogP) is 2.29. The minimum atomic E-state index is 0.304. The van der Waals surface area contributed by atoms with E-state index < -0.39 is 0 Å². The summed E-state index contributed by atoms with van der Waals surface area (Å²) in [5.74, 6) is 1.47. The molecule has 2 N–H and O–H groups in total. The molecule has 2 heterocycles. The van der Waals surface area contributed by atoms with Gasteiger partial charge >= 0.3 is 0 Å². The molecule has 1 unspecified atom stereocenters. The standard InChI is InChI=1S/C9H12N4OS/c1-3-5(2)7-12-8(14-13-7)6-4-15-9(10)11-6/h4-5H,3H2,1-2H3,(H2,10,11). The van der Waals surface area contributed by atoms with E-state index in [1.807, 2.05) is 5.38 Å². The van der Waals surface area contributed by atoms with Crippen LogP contribution < -0.4 is 5.73 Å². The highest BCUT2D eigenvalue weighted by molar-refractivity contribution is 7.13. The molecule has 0 radical (unpaired) electrons. The van der Waals surface area contributed by atoms with Gasteiger partial charge in [0, 0.05) is 11.3 Å². The minimum absolute atomic E-state index is 0.304. The lowest BCUT2D eigenvalue weighted by atomic mass is 10.1. The van der Waals surface area contributed by atoms with Crippen LogP contribution >= 0.6 is 11.3 Å². The maximum absolute atomic E-state index is 5.53. The topological polar surface area (TPSA) is 77.8 Å². The van der Waals surface area contributed by atoms with Gasteiger partial charge in [-0.25, -0.2) is 4.98 Å². The van der Waals surface area contributed by atoms with Crippen LogP contribution in [0.3, 0.4) is 0 Å². The molecule has 0 spiro atoms. The zero-order chi connectivity index (χ0) is 10.8. The van der Waals surface area contributed by atoms with Crippen molar-refractivity contribution in [1.29, 1.82) is 0 Å². The van der Waals surface area contributed by atoms with Crippen molar-refractivity contribution in [3.05, 3.63) is 11.2 Å². The highest BCUT2D eigenvalue weighted by atomic mass is 32.1. The molecule has 0 bridgehead atoms. The van der Waals surface area contributed by atoms with Gasteiger partial charge in [-0.15, -0.1) is 11.3 Å². The first-order chi connectivity index (χ1) is 7.20. The van der Waals surface area contributed by atoms with Crippen molar-refractivity contribution in [2.75, 3.05) is 5.73 Å². The molecular weight excluding hydrogens is 212 g/mol. The Morgan fingerprint density at radius 1 is 1.53 bits per heavy atom. The summed E-state index contributed by atoms with van der Waals surface area (Å²) < 4.78 is 5.11. The molecule has 0 aliphatic rings. The summed E-state index contributed by atoms with van der Waals surface area (Å²) in [5.41, 5.74) is 6.18. The maximum atomic E-state index is 5.53. The lowest BCUT2D eigenvalue weighted by molar-refractivity contribution is 0.415. The fourth-order valence-corrected chi connectivity index (χ4v) is 1.64. The largest absolute Gasteiger partial charge is 0.375 e. The summed E-state index contributed by atoms with van der Waals surface area (Å²) in [6.45, 7) is 4.14. The average Bonchev–Trinajstić information content (AvgIpc) is 2.84. The lowest BCUT2D eigenvalue weighted by Gasteiger charge is -1.98. The third-order valence-corrected chi connectivity index (χ3v) is 2.91. The SMILES string of the molecule is CCC(C)c1noc(-c2csc(N)n2)n1. The van der Waals surface area contributed by atoms with Gasteiger partial charge in [-0.2, -0.15) is 4.98 Å². The van der Waals surface area contributed by atoms with Crippen molar-refractivity contribution in [3.63, 3.8) is 0 Å². The normalized spacial score (nSPS) is 12.9. The zero-order valence-electron chi connectivity index (χ0n) is 8.60. The van der Waals surface area contributed by atoms with Gasteiger partial charge in [0.15, 0.2) is 11.0 Å². The number of nitrogens with zero attached hydrogens (tertiary/aromatic N) is 3. The number of aromatic nitrogens is 3. The van der Waals surface area contributed by atoms with Crippen LogP contribution in [0.25, 0.3) is 11.6 Å². The van der Waals surface area contributed by atoms with Crippen molar-refractivity contribution < 1.29 is 4.52 Å².